The lowest BCUT2D eigenvalue weighted by molar-refractivity contribution is -0.143. The number of carboxylic acid groups (broad SMARTS) is 1. The summed E-state index contributed by atoms with van der Waals surface area (Å²) in [5.74, 6) is -3.91. The Morgan fingerprint density at radius 2 is 1.16 bits per heavy atom. The summed E-state index contributed by atoms with van der Waals surface area (Å²) >= 11 is 0. The van der Waals surface area contributed by atoms with Gasteiger partial charge in [-0.15, -0.1) is 0 Å². The first-order valence-corrected chi connectivity index (χ1v) is 28.0. The first kappa shape index (κ1) is 65.5. The third-order valence-corrected chi connectivity index (χ3v) is 12.7. The molecule has 0 aliphatic carbocycles. The highest BCUT2D eigenvalue weighted by Crippen LogP contribution is 2.40. The maximum Gasteiger partial charge on any atom is 0.407 e. The van der Waals surface area contributed by atoms with Crippen molar-refractivity contribution in [2.24, 2.45) is 0 Å². The highest BCUT2D eigenvalue weighted by molar-refractivity contribution is 5.99. The summed E-state index contributed by atoms with van der Waals surface area (Å²) in [6.45, 7) is 18.9. The zero-order chi connectivity index (χ0) is 61.2. The van der Waals surface area contributed by atoms with Gasteiger partial charge in [-0.05, 0) is 159 Å². The van der Waals surface area contributed by atoms with Gasteiger partial charge in [-0.3, -0.25) is 19.2 Å². The number of rotatable bonds is 21. The summed E-state index contributed by atoms with van der Waals surface area (Å²) in [6, 6.07) is 19.1. The number of carbonyl (C=O) groups excluding carboxylic acids is 7. The maximum absolute atomic E-state index is 15.2. The molecule has 7 N–H and O–H groups in total. The normalized spacial score (nSPS) is 15.8. The fraction of sp³-hybridized carbons (Fsp3) is 0.484. The summed E-state index contributed by atoms with van der Waals surface area (Å²) < 4.78 is 28.8. The number of likely N-dealkylation sites (N-methyl/N-ethyl adjacent to an activating group) is 1. The van der Waals surface area contributed by atoms with Gasteiger partial charge in [0.05, 0.1) is 13.1 Å². The van der Waals surface area contributed by atoms with E-state index in [0.29, 0.717) is 16.7 Å². The number of carboxylic acids is 1. The lowest BCUT2D eigenvalue weighted by Crippen LogP contribution is -2.54. The van der Waals surface area contributed by atoms with E-state index in [4.69, 9.17) is 23.7 Å². The number of hydrogen-bond acceptors (Lipinski definition) is 13. The average molecular weight is 1150 g/mol. The van der Waals surface area contributed by atoms with Crippen LogP contribution in [0.15, 0.2) is 84.9 Å². The number of alkyl carbamates (subject to hydrolysis) is 3. The van der Waals surface area contributed by atoms with Crippen LogP contribution in [-0.2, 0) is 46.2 Å². The van der Waals surface area contributed by atoms with Crippen LogP contribution in [0, 0.1) is 0 Å². The molecule has 4 aromatic rings. The highest BCUT2D eigenvalue weighted by Gasteiger charge is 2.36. The molecule has 21 nitrogen and oxygen atoms in total. The van der Waals surface area contributed by atoms with E-state index >= 15 is 4.79 Å². The molecule has 0 spiro atoms. The van der Waals surface area contributed by atoms with E-state index < -0.39 is 88.8 Å². The number of carbonyl (C=O) groups is 8. The Morgan fingerprint density at radius 3 is 1.67 bits per heavy atom. The number of fused-ring (bicyclic) bond motifs is 5. The van der Waals surface area contributed by atoms with Crippen molar-refractivity contribution in [3.05, 3.63) is 107 Å². The van der Waals surface area contributed by atoms with Gasteiger partial charge in [0.15, 0.2) is 0 Å². The van der Waals surface area contributed by atoms with E-state index in [0.717, 1.165) is 35.3 Å². The first-order valence-electron chi connectivity index (χ1n) is 28.0. The predicted molar refractivity (Wildman–Crippen MR) is 313 cm³/mol. The Balaban J connectivity index is 1.59. The van der Waals surface area contributed by atoms with Crippen molar-refractivity contribution < 1.29 is 67.1 Å². The molecule has 1 aliphatic heterocycles. The van der Waals surface area contributed by atoms with Crippen LogP contribution in [0.2, 0.25) is 0 Å². The molecular formula is C62H83N7O14. The third-order valence-electron chi connectivity index (χ3n) is 12.7. The number of nitrogens with one attached hydrogen (secondary N) is 6. The van der Waals surface area contributed by atoms with Crippen LogP contribution in [0.3, 0.4) is 0 Å². The van der Waals surface area contributed by atoms with Gasteiger partial charge in [0, 0.05) is 36.7 Å². The van der Waals surface area contributed by atoms with Crippen molar-refractivity contribution >= 4 is 47.9 Å². The molecule has 5 rings (SSSR count). The zero-order valence-corrected chi connectivity index (χ0v) is 49.9. The molecule has 4 atom stereocenters. The molecule has 4 unspecified atom stereocenters. The van der Waals surface area contributed by atoms with Gasteiger partial charge in [-0.25, -0.2) is 19.2 Å². The van der Waals surface area contributed by atoms with Gasteiger partial charge < -0.3 is 65.6 Å². The molecule has 450 valence electrons. The summed E-state index contributed by atoms with van der Waals surface area (Å²) in [4.78, 5) is 110. The van der Waals surface area contributed by atoms with Crippen molar-refractivity contribution in [1.29, 1.82) is 0 Å². The van der Waals surface area contributed by atoms with E-state index in [2.05, 4.69) is 51.0 Å². The Morgan fingerprint density at radius 1 is 0.651 bits per heavy atom. The fourth-order valence-electron chi connectivity index (χ4n) is 8.73. The minimum atomic E-state index is -1.55. The number of aryl methyl sites for hydroxylation is 1. The Hall–Kier alpha value is -8.36. The van der Waals surface area contributed by atoms with Gasteiger partial charge in [-0.1, -0.05) is 61.9 Å². The molecule has 7 amide bonds. The number of benzene rings is 4. The van der Waals surface area contributed by atoms with Crippen molar-refractivity contribution in [3.63, 3.8) is 0 Å². The number of nitrogens with zero attached hydrogens (tertiary/aromatic N) is 1. The number of amides is 7. The van der Waals surface area contributed by atoms with Crippen LogP contribution in [0.4, 0.5) is 14.4 Å². The van der Waals surface area contributed by atoms with E-state index in [-0.39, 0.29) is 74.7 Å². The quantitative estimate of drug-likeness (QED) is 0.0305. The molecule has 0 radical (unpaired) electrons. The average Bonchev–Trinajstić information content (AvgIpc) is 2.95. The lowest BCUT2D eigenvalue weighted by atomic mass is 9.93. The minimum absolute atomic E-state index is 0.00398. The lowest BCUT2D eigenvalue weighted by Gasteiger charge is -2.32. The maximum atomic E-state index is 15.2. The van der Waals surface area contributed by atoms with Gasteiger partial charge in [0.25, 0.3) is 5.91 Å². The second-order valence-electron chi connectivity index (χ2n) is 23.3. The van der Waals surface area contributed by atoms with E-state index in [1.807, 2.05) is 24.3 Å². The van der Waals surface area contributed by atoms with Crippen LogP contribution in [-0.4, -0.2) is 133 Å². The minimum Gasteiger partial charge on any atom is -0.491 e. The van der Waals surface area contributed by atoms with Crippen LogP contribution >= 0.6 is 0 Å². The van der Waals surface area contributed by atoms with Crippen molar-refractivity contribution in [2.45, 2.75) is 156 Å². The van der Waals surface area contributed by atoms with Crippen LogP contribution < -0.4 is 41.4 Å². The van der Waals surface area contributed by atoms with E-state index in [9.17, 15) is 38.7 Å². The van der Waals surface area contributed by atoms with Gasteiger partial charge in [-0.2, -0.15) is 0 Å². The molecule has 1 aliphatic rings. The topological polar surface area (TPSA) is 278 Å². The van der Waals surface area contributed by atoms with E-state index in [1.54, 1.807) is 111 Å². The third kappa shape index (κ3) is 21.2. The molecule has 4 bridgehead atoms. The van der Waals surface area contributed by atoms with Crippen molar-refractivity contribution in [1.82, 2.24) is 36.8 Å². The van der Waals surface area contributed by atoms with Gasteiger partial charge in [0.2, 0.25) is 17.7 Å². The summed E-state index contributed by atoms with van der Waals surface area (Å²) in [6.07, 6.45) is 1.05. The summed E-state index contributed by atoms with van der Waals surface area (Å²) in [7, 11) is 1.38. The number of hydrogen-bond donors (Lipinski definition) is 7. The highest BCUT2D eigenvalue weighted by atomic mass is 16.6. The molecule has 0 saturated carbocycles. The first-order chi connectivity index (χ1) is 39.0. The SMILES string of the molecule is CCCCc1ccc(-c2ccc(C(=O)NC(CCCNC(=O)OC(C)(C)C)C(=O)N(C)C3C(=O)NC(C)C(=O)NC(C(=O)O)Cc4ccc(OCCNC(=O)OC(C)(C)C)c(c4)-c4cc3ccc4OCCNC(=O)OC(C)(C)C)cc2)cc1. The molecule has 0 aromatic heterocycles. The zero-order valence-electron chi connectivity index (χ0n) is 49.9. The van der Waals surface area contributed by atoms with Crippen LogP contribution in [0.5, 0.6) is 11.5 Å². The molecule has 4 aromatic carbocycles. The second kappa shape index (κ2) is 29.6. The van der Waals surface area contributed by atoms with Gasteiger partial charge in [0.1, 0.15) is 65.7 Å². The monoisotopic (exact) mass is 1150 g/mol. The largest absolute Gasteiger partial charge is 0.491 e. The summed E-state index contributed by atoms with van der Waals surface area (Å²) in [5.41, 5.74) is 2.26. The molecular weight excluding hydrogens is 1070 g/mol. The summed E-state index contributed by atoms with van der Waals surface area (Å²) in [5, 5.41) is 26.5. The van der Waals surface area contributed by atoms with Gasteiger partial charge >= 0.3 is 24.2 Å². The number of ether oxygens (including phenoxy) is 5. The number of unbranched alkanes of at least 4 members (excludes halogenated alkanes) is 1. The second-order valence-corrected chi connectivity index (χ2v) is 23.3. The standard InChI is InChI=1S/C62H83N7O14/c1-13-14-16-39-18-21-41(22-19-39)42-23-25-43(26-24-42)53(71)67-47(17-15-30-63-57(76)81-60(3,4)5)55(73)69(12)51-44-27-29-50(80-34-32-65-59(78)83-62(9,10)11)46(37-44)45-35-40(36-48(56(74)75)68-52(70)38(2)66-54(51)72)20-28-49(45)79-33-31-64-58(77)82-61(6,7)8/h18-29,35,37-38,47-48,51H,13-17,30-34,36H2,1-12H3,(H,63,76)(H,64,77)(H,65,78)(H,66,72)(H,67,71)(H,68,70)(H,74,75). The van der Waals surface area contributed by atoms with Crippen molar-refractivity contribution in [2.75, 3.05) is 39.9 Å². The van der Waals surface area contributed by atoms with Crippen LogP contribution in [0.1, 0.15) is 135 Å². The Bertz CT molecular complexity index is 2910. The van der Waals surface area contributed by atoms with Crippen LogP contribution in [0.25, 0.3) is 22.3 Å². The van der Waals surface area contributed by atoms with E-state index in [1.165, 1.54) is 19.5 Å². The smallest absolute Gasteiger partial charge is 0.407 e. The predicted octanol–water partition coefficient (Wildman–Crippen LogP) is 8.40. The van der Waals surface area contributed by atoms with Crippen molar-refractivity contribution in [3.8, 4) is 33.8 Å². The molecule has 1 heterocycles. The number of aliphatic carboxylic acids is 1. The fourth-order valence-corrected chi connectivity index (χ4v) is 8.73. The molecule has 0 fully saturated rings. The Labute approximate surface area is 486 Å². The molecule has 0 saturated heterocycles. The Kier molecular flexibility index (Phi) is 23.3. The molecule has 21 heteroatoms. The molecule has 83 heavy (non-hydrogen) atoms.